The molecule has 0 N–H and O–H groups in total. The molecule has 1 saturated heterocycles. The van der Waals surface area contributed by atoms with Gasteiger partial charge in [0.15, 0.2) is 0 Å². The van der Waals surface area contributed by atoms with Crippen LogP contribution in [0.25, 0.3) is 0 Å². The van der Waals surface area contributed by atoms with Crippen LogP contribution in [0.2, 0.25) is 0 Å². The van der Waals surface area contributed by atoms with E-state index in [1.165, 1.54) is 36.2 Å². The van der Waals surface area contributed by atoms with Crippen molar-refractivity contribution in [2.75, 3.05) is 13.1 Å². The third-order valence-electron chi connectivity index (χ3n) is 5.10. The lowest BCUT2D eigenvalue weighted by atomic mass is 9.86. The highest BCUT2D eigenvalue weighted by atomic mass is 16.6. The maximum Gasteiger partial charge on any atom is 0.410 e. The van der Waals surface area contributed by atoms with Crippen molar-refractivity contribution in [3.63, 3.8) is 0 Å². The first-order valence-corrected chi connectivity index (χ1v) is 9.45. The predicted octanol–water partition coefficient (Wildman–Crippen LogP) is 3.90. The average molecular weight is 333 g/mol. The molecule has 1 aromatic heterocycles. The van der Waals surface area contributed by atoms with Crippen LogP contribution in [0.3, 0.4) is 0 Å². The Kier molecular flexibility index (Phi) is 4.88. The number of likely N-dealkylation sites (tertiary alicyclic amines) is 1. The van der Waals surface area contributed by atoms with Crippen LogP contribution in [0.4, 0.5) is 4.79 Å². The molecular weight excluding hydrogens is 302 g/mol. The molecule has 0 saturated carbocycles. The normalized spacial score (nSPS) is 19.2. The van der Waals surface area contributed by atoms with E-state index in [-0.39, 0.29) is 6.09 Å². The molecule has 1 aromatic rings. The van der Waals surface area contributed by atoms with E-state index in [4.69, 9.17) is 9.84 Å². The second-order valence-corrected chi connectivity index (χ2v) is 8.08. The Morgan fingerprint density at radius 2 is 1.88 bits per heavy atom. The van der Waals surface area contributed by atoms with Gasteiger partial charge in [-0.2, -0.15) is 5.10 Å². The third kappa shape index (κ3) is 3.60. The Labute approximate surface area is 145 Å². The van der Waals surface area contributed by atoms with Crippen molar-refractivity contribution in [3.8, 4) is 0 Å². The van der Waals surface area contributed by atoms with E-state index >= 15 is 0 Å². The number of nitrogens with zero attached hydrogens (tertiary/aromatic N) is 3. The van der Waals surface area contributed by atoms with Crippen molar-refractivity contribution in [1.82, 2.24) is 14.7 Å². The molecular formula is C19H31N3O2. The highest BCUT2D eigenvalue weighted by molar-refractivity contribution is 5.68. The number of aryl methyl sites for hydroxylation is 2. The van der Waals surface area contributed by atoms with Crippen LogP contribution in [0.5, 0.6) is 0 Å². The van der Waals surface area contributed by atoms with Gasteiger partial charge >= 0.3 is 6.09 Å². The highest BCUT2D eigenvalue weighted by Gasteiger charge is 2.31. The summed E-state index contributed by atoms with van der Waals surface area (Å²) in [6.07, 6.45) is 6.71. The Hall–Kier alpha value is -1.52. The van der Waals surface area contributed by atoms with Crippen LogP contribution in [0.15, 0.2) is 0 Å². The number of piperidine rings is 1. The van der Waals surface area contributed by atoms with E-state index in [1.807, 2.05) is 25.7 Å². The summed E-state index contributed by atoms with van der Waals surface area (Å²) in [7, 11) is 0. The number of carbonyl (C=O) groups excluding carboxylic acids is 1. The Morgan fingerprint density at radius 1 is 1.21 bits per heavy atom. The van der Waals surface area contributed by atoms with E-state index in [2.05, 4.69) is 11.6 Å². The molecule has 0 aromatic carbocycles. The second-order valence-electron chi connectivity index (χ2n) is 8.08. The molecule has 1 aliphatic heterocycles. The van der Waals surface area contributed by atoms with E-state index in [0.717, 1.165) is 38.9 Å². The van der Waals surface area contributed by atoms with Gasteiger partial charge in [-0.15, -0.1) is 0 Å². The molecule has 0 bridgehead atoms. The Morgan fingerprint density at radius 3 is 2.50 bits per heavy atom. The van der Waals surface area contributed by atoms with Gasteiger partial charge in [0, 0.05) is 31.2 Å². The lowest BCUT2D eigenvalue weighted by molar-refractivity contribution is 0.0203. The smallest absolute Gasteiger partial charge is 0.410 e. The molecule has 0 unspecified atom stereocenters. The van der Waals surface area contributed by atoms with Crippen LogP contribution in [-0.2, 0) is 24.1 Å². The van der Waals surface area contributed by atoms with Crippen molar-refractivity contribution in [1.29, 1.82) is 0 Å². The number of hydrogen-bond donors (Lipinski definition) is 0. The van der Waals surface area contributed by atoms with Gasteiger partial charge in [-0.1, -0.05) is 0 Å². The van der Waals surface area contributed by atoms with Crippen LogP contribution >= 0.6 is 0 Å². The third-order valence-corrected chi connectivity index (χ3v) is 5.10. The van der Waals surface area contributed by atoms with Crippen molar-refractivity contribution >= 4 is 6.09 Å². The largest absolute Gasteiger partial charge is 0.444 e. The molecule has 1 aliphatic carbocycles. The standard InChI is InChI=1S/C19H31N3O2/c1-5-22-17(15-8-6-7-9-16(15)20-22)14-10-12-21(13-11-14)18(23)24-19(2,3)4/h14H,5-13H2,1-4H3. The molecule has 0 spiro atoms. The minimum absolute atomic E-state index is 0.174. The zero-order chi connectivity index (χ0) is 17.3. The molecule has 1 amide bonds. The van der Waals surface area contributed by atoms with Crippen LogP contribution in [0, 0.1) is 0 Å². The molecule has 134 valence electrons. The van der Waals surface area contributed by atoms with Crippen LogP contribution in [0.1, 0.15) is 76.2 Å². The van der Waals surface area contributed by atoms with Gasteiger partial charge in [0.05, 0.1) is 5.69 Å². The summed E-state index contributed by atoms with van der Waals surface area (Å²) in [5, 5.41) is 4.86. The summed E-state index contributed by atoms with van der Waals surface area (Å²) in [5.74, 6) is 0.526. The minimum atomic E-state index is -0.423. The highest BCUT2D eigenvalue weighted by Crippen LogP contribution is 2.35. The molecule has 5 heteroatoms. The lowest BCUT2D eigenvalue weighted by Gasteiger charge is -2.34. The number of fused-ring (bicyclic) bond motifs is 1. The molecule has 0 atom stereocenters. The van der Waals surface area contributed by atoms with Gasteiger partial charge in [-0.25, -0.2) is 4.79 Å². The van der Waals surface area contributed by atoms with Crippen molar-refractivity contribution < 1.29 is 9.53 Å². The number of ether oxygens (including phenoxy) is 1. The molecule has 5 nitrogen and oxygen atoms in total. The van der Waals surface area contributed by atoms with Gasteiger partial charge in [0.1, 0.15) is 5.60 Å². The van der Waals surface area contributed by atoms with Crippen LogP contribution < -0.4 is 0 Å². The van der Waals surface area contributed by atoms with Crippen molar-refractivity contribution in [3.05, 3.63) is 17.0 Å². The van der Waals surface area contributed by atoms with Crippen molar-refractivity contribution in [2.24, 2.45) is 0 Å². The van der Waals surface area contributed by atoms with Crippen molar-refractivity contribution in [2.45, 2.75) is 84.3 Å². The van der Waals surface area contributed by atoms with Gasteiger partial charge in [0.2, 0.25) is 0 Å². The molecule has 24 heavy (non-hydrogen) atoms. The number of amides is 1. The number of carbonyl (C=O) groups is 1. The average Bonchev–Trinajstić information content (AvgIpc) is 2.92. The van der Waals surface area contributed by atoms with Gasteiger partial charge in [-0.3, -0.25) is 4.68 Å². The number of aromatic nitrogens is 2. The van der Waals surface area contributed by atoms with E-state index < -0.39 is 5.60 Å². The Bertz CT molecular complexity index is 592. The summed E-state index contributed by atoms with van der Waals surface area (Å²) in [6, 6.07) is 0. The quantitative estimate of drug-likeness (QED) is 0.825. The number of hydrogen-bond acceptors (Lipinski definition) is 3. The summed E-state index contributed by atoms with van der Waals surface area (Å²) >= 11 is 0. The maximum absolute atomic E-state index is 12.2. The first-order valence-electron chi connectivity index (χ1n) is 9.45. The second kappa shape index (κ2) is 6.77. The predicted molar refractivity (Wildman–Crippen MR) is 94.3 cm³/mol. The lowest BCUT2D eigenvalue weighted by Crippen LogP contribution is -2.41. The van der Waals surface area contributed by atoms with E-state index in [1.54, 1.807) is 0 Å². The number of rotatable bonds is 2. The summed E-state index contributed by atoms with van der Waals surface area (Å²) in [6.45, 7) is 10.4. The first kappa shape index (κ1) is 17.3. The van der Waals surface area contributed by atoms with E-state index in [9.17, 15) is 4.79 Å². The van der Waals surface area contributed by atoms with E-state index in [0.29, 0.717) is 5.92 Å². The zero-order valence-corrected chi connectivity index (χ0v) is 15.6. The molecule has 1 fully saturated rings. The summed E-state index contributed by atoms with van der Waals surface area (Å²) in [4.78, 5) is 14.1. The fourth-order valence-corrected chi connectivity index (χ4v) is 3.99. The molecule has 3 rings (SSSR count). The van der Waals surface area contributed by atoms with Gasteiger partial charge in [-0.05, 0) is 71.8 Å². The molecule has 0 radical (unpaired) electrons. The first-order chi connectivity index (χ1) is 11.4. The fraction of sp³-hybridized carbons (Fsp3) is 0.789. The SMILES string of the molecule is CCn1nc2c(c1C1CCN(C(=O)OC(C)(C)C)CC1)CCCC2. The molecule has 2 heterocycles. The maximum atomic E-state index is 12.2. The zero-order valence-electron chi connectivity index (χ0n) is 15.6. The fourth-order valence-electron chi connectivity index (χ4n) is 3.99. The minimum Gasteiger partial charge on any atom is -0.444 e. The van der Waals surface area contributed by atoms with Crippen LogP contribution in [-0.4, -0.2) is 39.5 Å². The Balaban J connectivity index is 1.69. The molecule has 2 aliphatic rings. The van der Waals surface area contributed by atoms with Gasteiger partial charge < -0.3 is 9.64 Å². The topological polar surface area (TPSA) is 47.4 Å². The van der Waals surface area contributed by atoms with Gasteiger partial charge in [0.25, 0.3) is 0 Å². The summed E-state index contributed by atoms with van der Waals surface area (Å²) < 4.78 is 7.73. The summed E-state index contributed by atoms with van der Waals surface area (Å²) in [5.41, 5.74) is 3.87. The monoisotopic (exact) mass is 333 g/mol.